The maximum absolute atomic E-state index is 14.4. The summed E-state index contributed by atoms with van der Waals surface area (Å²) in [5, 5.41) is 0. The summed E-state index contributed by atoms with van der Waals surface area (Å²) >= 11 is 0. The van der Waals surface area contributed by atoms with Crippen molar-refractivity contribution in [3.63, 3.8) is 0 Å². The lowest BCUT2D eigenvalue weighted by Crippen LogP contribution is -2.15. The van der Waals surface area contributed by atoms with Crippen LogP contribution in [0.3, 0.4) is 0 Å². The van der Waals surface area contributed by atoms with Crippen molar-refractivity contribution in [1.82, 2.24) is 0 Å². The quantitative estimate of drug-likeness (QED) is 0.149. The van der Waals surface area contributed by atoms with Crippen LogP contribution >= 0.6 is 8.15 Å². The Morgan fingerprint density at radius 1 is 0.477 bits per heavy atom. The number of benzene rings is 5. The van der Waals surface area contributed by atoms with Crippen LogP contribution < -0.4 is 14.0 Å². The SMILES string of the molecule is Cc1cc(C)c(C(=O)P(Oc2ccc(Oc3ccccc3)cc2Oc2ccccc2)C(=O)c2c(C)cc(C)cc2C)c(C)c1. The van der Waals surface area contributed by atoms with Gasteiger partial charge in [0, 0.05) is 17.2 Å². The molecular formula is C38H35O5P. The molecule has 0 N–H and O–H groups in total. The maximum atomic E-state index is 14.4. The van der Waals surface area contributed by atoms with E-state index in [4.69, 9.17) is 14.0 Å². The molecule has 6 heteroatoms. The highest BCUT2D eigenvalue weighted by Gasteiger charge is 2.36. The van der Waals surface area contributed by atoms with Crippen LogP contribution in [0.25, 0.3) is 0 Å². The predicted octanol–water partition coefficient (Wildman–Crippen LogP) is 10.6. The van der Waals surface area contributed by atoms with E-state index in [0.717, 1.165) is 33.4 Å². The molecule has 5 aromatic rings. The molecule has 0 heterocycles. The number of rotatable bonds is 10. The van der Waals surface area contributed by atoms with Crippen LogP contribution in [0.2, 0.25) is 0 Å². The van der Waals surface area contributed by atoms with Crippen molar-refractivity contribution in [3.05, 3.63) is 148 Å². The van der Waals surface area contributed by atoms with E-state index < -0.39 is 8.15 Å². The number of carbonyl (C=O) groups is 2. The Hall–Kier alpha value is -4.73. The van der Waals surface area contributed by atoms with Gasteiger partial charge in [0.1, 0.15) is 17.2 Å². The lowest BCUT2D eigenvalue weighted by Gasteiger charge is -2.22. The predicted molar refractivity (Wildman–Crippen MR) is 177 cm³/mol. The van der Waals surface area contributed by atoms with Crippen molar-refractivity contribution in [1.29, 1.82) is 0 Å². The molecule has 0 aliphatic heterocycles. The first-order valence-electron chi connectivity index (χ1n) is 14.4. The minimum absolute atomic E-state index is 0.270. The molecule has 0 aromatic heterocycles. The van der Waals surface area contributed by atoms with Gasteiger partial charge in [-0.1, -0.05) is 71.8 Å². The van der Waals surface area contributed by atoms with Crippen molar-refractivity contribution in [2.24, 2.45) is 0 Å². The first kappa shape index (κ1) is 30.7. The molecule has 0 unspecified atom stereocenters. The molecule has 0 atom stereocenters. The number of hydrogen-bond donors (Lipinski definition) is 0. The standard InChI is InChI=1S/C38H35O5P/c1-24-19-26(3)35(27(4)20-24)37(39)44(38(40)36-28(5)21-25(2)22-29(36)6)43-33-18-17-32(41-30-13-9-7-10-14-30)23-34(33)42-31-15-11-8-12-16-31/h7-23H,1-6H3. The monoisotopic (exact) mass is 602 g/mol. The molecular weight excluding hydrogens is 567 g/mol. The first-order chi connectivity index (χ1) is 21.1. The molecule has 5 rings (SSSR count). The molecule has 222 valence electrons. The van der Waals surface area contributed by atoms with Crippen LogP contribution in [0, 0.1) is 41.5 Å². The zero-order valence-corrected chi connectivity index (χ0v) is 26.7. The summed E-state index contributed by atoms with van der Waals surface area (Å²) < 4.78 is 18.9. The Bertz CT molecular complexity index is 1710. The molecule has 0 fully saturated rings. The molecule has 0 amide bonds. The zero-order chi connectivity index (χ0) is 31.4. The summed E-state index contributed by atoms with van der Waals surface area (Å²) in [5.41, 5.74) is 5.66. The van der Waals surface area contributed by atoms with Crippen molar-refractivity contribution in [2.75, 3.05) is 0 Å². The smallest absolute Gasteiger partial charge is 0.234 e. The highest BCUT2D eigenvalue weighted by atomic mass is 31.1. The highest BCUT2D eigenvalue weighted by Crippen LogP contribution is 2.50. The molecule has 0 aliphatic rings. The van der Waals surface area contributed by atoms with Gasteiger partial charge in [-0.25, -0.2) is 0 Å². The second kappa shape index (κ2) is 13.3. The largest absolute Gasteiger partial charge is 0.457 e. The van der Waals surface area contributed by atoms with Gasteiger partial charge < -0.3 is 14.0 Å². The second-order valence-electron chi connectivity index (χ2n) is 11.0. The molecule has 0 saturated heterocycles. The number of ether oxygens (including phenoxy) is 2. The van der Waals surface area contributed by atoms with E-state index in [1.165, 1.54) is 0 Å². The van der Waals surface area contributed by atoms with Gasteiger partial charge in [0.25, 0.3) is 0 Å². The van der Waals surface area contributed by atoms with E-state index in [1.54, 1.807) is 18.2 Å². The Kier molecular flexibility index (Phi) is 9.27. The van der Waals surface area contributed by atoms with Crippen molar-refractivity contribution in [2.45, 2.75) is 41.5 Å². The molecule has 0 bridgehead atoms. The van der Waals surface area contributed by atoms with E-state index in [2.05, 4.69) is 0 Å². The van der Waals surface area contributed by atoms with E-state index >= 15 is 0 Å². The molecule has 44 heavy (non-hydrogen) atoms. The third kappa shape index (κ3) is 6.90. The van der Waals surface area contributed by atoms with Gasteiger partial charge in [-0.05, 0) is 100 Å². The summed E-state index contributed by atoms with van der Waals surface area (Å²) in [4.78, 5) is 28.8. The Morgan fingerprint density at radius 2 is 0.909 bits per heavy atom. The summed E-state index contributed by atoms with van der Waals surface area (Å²) in [7, 11) is -2.34. The van der Waals surface area contributed by atoms with Crippen LogP contribution in [0.15, 0.2) is 103 Å². The molecule has 0 spiro atoms. The van der Waals surface area contributed by atoms with Crippen molar-refractivity contribution >= 4 is 19.2 Å². The number of para-hydroxylation sites is 2. The minimum Gasteiger partial charge on any atom is -0.457 e. The third-order valence-electron chi connectivity index (χ3n) is 7.21. The Balaban J connectivity index is 1.61. The van der Waals surface area contributed by atoms with Gasteiger partial charge in [0.2, 0.25) is 19.2 Å². The van der Waals surface area contributed by atoms with E-state index in [0.29, 0.717) is 34.1 Å². The average molecular weight is 603 g/mol. The minimum atomic E-state index is -2.34. The van der Waals surface area contributed by atoms with Gasteiger partial charge in [-0.2, -0.15) is 0 Å². The van der Waals surface area contributed by atoms with Crippen molar-refractivity contribution < 1.29 is 23.6 Å². The lowest BCUT2D eigenvalue weighted by molar-refractivity contribution is 0.103. The van der Waals surface area contributed by atoms with E-state index in [1.807, 2.05) is 126 Å². The van der Waals surface area contributed by atoms with Crippen LogP contribution in [-0.2, 0) is 0 Å². The molecule has 0 aliphatic carbocycles. The number of aryl methyl sites for hydroxylation is 6. The van der Waals surface area contributed by atoms with Gasteiger partial charge in [-0.15, -0.1) is 0 Å². The molecule has 0 saturated carbocycles. The van der Waals surface area contributed by atoms with Crippen LogP contribution in [-0.4, -0.2) is 11.0 Å². The van der Waals surface area contributed by atoms with Crippen molar-refractivity contribution in [3.8, 4) is 28.7 Å². The van der Waals surface area contributed by atoms with Gasteiger partial charge in [-0.3, -0.25) is 9.59 Å². The van der Waals surface area contributed by atoms with Crippen LogP contribution in [0.5, 0.6) is 28.7 Å². The number of hydrogen-bond acceptors (Lipinski definition) is 5. The lowest BCUT2D eigenvalue weighted by atomic mass is 10.0. The summed E-state index contributed by atoms with van der Waals surface area (Å²) in [6.07, 6.45) is 0. The highest BCUT2D eigenvalue weighted by molar-refractivity contribution is 7.86. The van der Waals surface area contributed by atoms with E-state index in [9.17, 15) is 9.59 Å². The third-order valence-corrected chi connectivity index (χ3v) is 8.77. The van der Waals surface area contributed by atoms with E-state index in [-0.39, 0.29) is 16.8 Å². The fourth-order valence-corrected chi connectivity index (χ4v) is 7.27. The Morgan fingerprint density at radius 3 is 1.36 bits per heavy atom. The summed E-state index contributed by atoms with van der Waals surface area (Å²) in [6, 6.07) is 31.7. The zero-order valence-electron chi connectivity index (χ0n) is 25.8. The molecule has 5 nitrogen and oxygen atoms in total. The van der Waals surface area contributed by atoms with Crippen LogP contribution in [0.4, 0.5) is 0 Å². The van der Waals surface area contributed by atoms with Crippen LogP contribution in [0.1, 0.15) is 54.1 Å². The fourth-order valence-electron chi connectivity index (χ4n) is 5.46. The number of carbonyl (C=O) groups excluding carboxylic acids is 2. The fraction of sp³-hybridized carbons (Fsp3) is 0.158. The molecule has 0 radical (unpaired) electrons. The first-order valence-corrected chi connectivity index (χ1v) is 15.7. The Labute approximate surface area is 260 Å². The normalized spacial score (nSPS) is 10.9. The maximum Gasteiger partial charge on any atom is 0.234 e. The van der Waals surface area contributed by atoms with Gasteiger partial charge in [0.05, 0.1) is 0 Å². The molecule has 5 aromatic carbocycles. The topological polar surface area (TPSA) is 61.8 Å². The second-order valence-corrected chi connectivity index (χ2v) is 12.6. The summed E-state index contributed by atoms with van der Waals surface area (Å²) in [6.45, 7) is 11.6. The van der Waals surface area contributed by atoms with Gasteiger partial charge in [0.15, 0.2) is 11.5 Å². The van der Waals surface area contributed by atoms with Gasteiger partial charge >= 0.3 is 0 Å². The average Bonchev–Trinajstić information content (AvgIpc) is 2.96. The summed E-state index contributed by atoms with van der Waals surface area (Å²) in [5.74, 6) is 2.35.